The predicted molar refractivity (Wildman–Crippen MR) is 23.1 cm³/mol. The zero-order valence-electron chi connectivity index (χ0n) is 3.68. The molecule has 0 aliphatic carbocycles. The minimum atomic E-state index is -5.56. The summed E-state index contributed by atoms with van der Waals surface area (Å²) in [7, 11) is -10.9. The Kier molecular flexibility index (Phi) is 2.11. The number of rotatable bonds is 2. The largest absolute Gasteiger partial charge is 0.763 e. The van der Waals surface area contributed by atoms with E-state index in [1.54, 1.807) is 0 Å². The van der Waals surface area contributed by atoms with Crippen molar-refractivity contribution in [1.29, 1.82) is 0 Å². The molecular formula is FNO5S2-2. The number of nitrogens with zero attached hydrogens (tertiary/aromatic N) is 1. The van der Waals surface area contributed by atoms with E-state index in [2.05, 4.69) is 0 Å². The van der Waals surface area contributed by atoms with E-state index in [0.29, 0.717) is 0 Å². The fourth-order valence-corrected chi connectivity index (χ4v) is 0.981. The highest BCUT2D eigenvalue weighted by atomic mass is 32.3. The zero-order valence-corrected chi connectivity index (χ0v) is 5.32. The first-order chi connectivity index (χ1) is 3.71. The summed E-state index contributed by atoms with van der Waals surface area (Å²) in [6, 6.07) is 0. The van der Waals surface area contributed by atoms with Crippen molar-refractivity contribution in [3.8, 4) is 0 Å². The molecule has 0 amide bonds. The lowest BCUT2D eigenvalue weighted by molar-refractivity contribution is 0.472. The van der Waals surface area contributed by atoms with Gasteiger partial charge >= 0.3 is 0 Å². The highest BCUT2D eigenvalue weighted by Gasteiger charge is 1.92. The molecule has 56 valence electrons. The van der Waals surface area contributed by atoms with Crippen LogP contribution >= 0.6 is 0 Å². The number of hydrogen-bond donors (Lipinski definition) is 0. The predicted octanol–water partition coefficient (Wildman–Crippen LogP) is -0.965. The highest BCUT2D eigenvalue weighted by Crippen LogP contribution is 2.07. The summed E-state index contributed by atoms with van der Waals surface area (Å²) in [5.74, 6) is 0. The van der Waals surface area contributed by atoms with E-state index in [1.165, 1.54) is 4.13 Å². The molecule has 6 nitrogen and oxygen atoms in total. The monoisotopic (exact) mass is 177 g/mol. The van der Waals surface area contributed by atoms with Crippen LogP contribution in [0, 0.1) is 0 Å². The first kappa shape index (κ1) is 8.75. The fourth-order valence-electron chi connectivity index (χ4n) is 0.109. The van der Waals surface area contributed by atoms with E-state index in [9.17, 15) is 25.3 Å². The molecule has 0 N–H and O–H groups in total. The molecule has 0 unspecified atom stereocenters. The fraction of sp³-hybridized carbons (Fsp3) is 0. The van der Waals surface area contributed by atoms with E-state index in [0.717, 1.165) is 0 Å². The molecule has 0 heterocycles. The molecule has 0 aromatic heterocycles. The number of hydrogen-bond acceptors (Lipinski definition) is 5. The molecular weight excluding hydrogens is 177 g/mol. The summed E-state index contributed by atoms with van der Waals surface area (Å²) in [4.78, 5) is 0. The molecule has 0 aromatic rings. The minimum absolute atomic E-state index is 1.26. The van der Waals surface area contributed by atoms with E-state index in [-0.39, 0.29) is 0 Å². The van der Waals surface area contributed by atoms with Crippen molar-refractivity contribution in [3.63, 3.8) is 0 Å². The minimum Gasteiger partial charge on any atom is -0.763 e. The molecule has 9 heteroatoms. The molecule has 9 heavy (non-hydrogen) atoms. The Morgan fingerprint density at radius 1 is 1.22 bits per heavy atom. The first-order valence-electron chi connectivity index (χ1n) is 1.35. The Labute approximate surface area is 50.9 Å². The second kappa shape index (κ2) is 2.17. The van der Waals surface area contributed by atoms with Crippen molar-refractivity contribution in [2.75, 3.05) is 0 Å². The third-order valence-electron chi connectivity index (χ3n) is 0.180. The molecule has 0 aliphatic rings. The van der Waals surface area contributed by atoms with Crippen LogP contribution in [-0.4, -0.2) is 21.4 Å². The average molecular weight is 177 g/mol. The van der Waals surface area contributed by atoms with Crippen LogP contribution in [0.25, 0.3) is 4.13 Å². The van der Waals surface area contributed by atoms with Gasteiger partial charge in [-0.05, 0) is 0 Å². The van der Waals surface area contributed by atoms with E-state index >= 15 is 0 Å². The standard InChI is InChI=1S/FHNO5S2/c1-8(3,4)2-9(5,6)7/h(H,5,6,7)/q-1/p-1. The Bertz CT molecular complexity index is 240. The summed E-state index contributed by atoms with van der Waals surface area (Å²) in [6.07, 6.45) is 0. The average Bonchev–Trinajstić information content (AvgIpc) is 1.14. The van der Waals surface area contributed by atoms with Gasteiger partial charge < -0.3 is 8.68 Å². The molecule has 0 fully saturated rings. The third-order valence-corrected chi connectivity index (χ3v) is 1.62. The van der Waals surface area contributed by atoms with Crippen LogP contribution < -0.4 is 0 Å². The van der Waals surface area contributed by atoms with Crippen molar-refractivity contribution in [2.45, 2.75) is 0 Å². The van der Waals surface area contributed by atoms with Gasteiger partial charge in [0.2, 0.25) is 10.4 Å². The van der Waals surface area contributed by atoms with Crippen LogP contribution in [0.3, 0.4) is 0 Å². The molecule has 0 spiro atoms. The normalized spacial score (nSPS) is 13.6. The molecule has 0 rings (SSSR count). The molecule has 0 saturated heterocycles. The Morgan fingerprint density at radius 3 is 1.56 bits per heavy atom. The van der Waals surface area contributed by atoms with E-state index in [1.807, 2.05) is 0 Å². The van der Waals surface area contributed by atoms with Crippen LogP contribution in [0.4, 0.5) is 3.89 Å². The zero-order chi connectivity index (χ0) is 7.71. The van der Waals surface area contributed by atoms with Gasteiger partial charge in [0.15, 0.2) is 0 Å². The summed E-state index contributed by atoms with van der Waals surface area (Å²) in [6.45, 7) is 0. The SMILES string of the molecule is O=S(=O)([O-])[N-]S(=O)(=O)F. The van der Waals surface area contributed by atoms with Crippen LogP contribution in [0.15, 0.2) is 0 Å². The molecule has 0 atom stereocenters. The van der Waals surface area contributed by atoms with Gasteiger partial charge in [0.1, 0.15) is 0 Å². The Balaban J connectivity index is 4.46. The summed E-state index contributed by atoms with van der Waals surface area (Å²) in [5.41, 5.74) is 0. The maximum atomic E-state index is 11.1. The lowest BCUT2D eigenvalue weighted by Crippen LogP contribution is -1.99. The maximum Gasteiger partial charge on any atom is 0.239 e. The molecule has 0 aromatic carbocycles. The topological polar surface area (TPSA) is 105 Å². The van der Waals surface area contributed by atoms with Crippen molar-refractivity contribution < 1.29 is 25.3 Å². The lowest BCUT2D eigenvalue weighted by Gasteiger charge is -2.17. The first-order valence-corrected chi connectivity index (χ1v) is 4.06. The molecule has 0 saturated carbocycles. The van der Waals surface area contributed by atoms with Gasteiger partial charge in [-0.2, -0.15) is 0 Å². The van der Waals surface area contributed by atoms with Crippen molar-refractivity contribution in [1.82, 2.24) is 0 Å². The highest BCUT2D eigenvalue weighted by molar-refractivity contribution is 8.07. The Hall–Kier alpha value is -0.250. The molecule has 0 radical (unpaired) electrons. The quantitative estimate of drug-likeness (QED) is 0.398. The van der Waals surface area contributed by atoms with Gasteiger partial charge in [-0.15, -0.1) is 3.89 Å². The van der Waals surface area contributed by atoms with Gasteiger partial charge in [-0.1, -0.05) is 0 Å². The smallest absolute Gasteiger partial charge is 0.239 e. The van der Waals surface area contributed by atoms with Crippen molar-refractivity contribution in [3.05, 3.63) is 4.13 Å². The van der Waals surface area contributed by atoms with Gasteiger partial charge in [0, 0.05) is 10.3 Å². The summed E-state index contributed by atoms with van der Waals surface area (Å²) >= 11 is 0. The van der Waals surface area contributed by atoms with Gasteiger partial charge in [-0.25, -0.2) is 8.42 Å². The van der Waals surface area contributed by atoms with Gasteiger partial charge in [0.05, 0.1) is 0 Å². The summed E-state index contributed by atoms with van der Waals surface area (Å²) < 4.78 is 58.8. The second-order valence-corrected chi connectivity index (χ2v) is 3.19. The third kappa shape index (κ3) is 7.75. The van der Waals surface area contributed by atoms with Crippen molar-refractivity contribution in [2.24, 2.45) is 0 Å². The summed E-state index contributed by atoms with van der Waals surface area (Å²) in [5, 5.41) is 0. The van der Waals surface area contributed by atoms with Crippen LogP contribution in [-0.2, 0) is 20.7 Å². The maximum absolute atomic E-state index is 11.1. The second-order valence-electron chi connectivity index (χ2n) is 0.914. The van der Waals surface area contributed by atoms with E-state index < -0.39 is 20.7 Å². The van der Waals surface area contributed by atoms with Gasteiger partial charge in [-0.3, -0.25) is 8.42 Å². The van der Waals surface area contributed by atoms with Gasteiger partial charge in [0.25, 0.3) is 0 Å². The van der Waals surface area contributed by atoms with Crippen LogP contribution in [0.1, 0.15) is 0 Å². The van der Waals surface area contributed by atoms with Crippen molar-refractivity contribution >= 4 is 20.7 Å². The molecule has 0 aliphatic heterocycles. The molecule has 0 bridgehead atoms. The van der Waals surface area contributed by atoms with Crippen LogP contribution in [0.2, 0.25) is 0 Å². The number of halogens is 1. The lowest BCUT2D eigenvalue weighted by atomic mass is 13.9. The van der Waals surface area contributed by atoms with E-state index in [4.69, 9.17) is 0 Å². The van der Waals surface area contributed by atoms with Crippen LogP contribution in [0.5, 0.6) is 0 Å². The Morgan fingerprint density at radius 2 is 1.56 bits per heavy atom.